The van der Waals surface area contributed by atoms with Gasteiger partial charge in [-0.25, -0.2) is 8.42 Å². The van der Waals surface area contributed by atoms with E-state index in [-0.39, 0.29) is 22.7 Å². The summed E-state index contributed by atoms with van der Waals surface area (Å²) in [6.45, 7) is 2.94. The first kappa shape index (κ1) is 21.3. The Balaban J connectivity index is 1.42. The lowest BCUT2D eigenvalue weighted by Crippen LogP contribution is -2.35. The smallest absolute Gasteiger partial charge is 0.316 e. The highest BCUT2D eigenvalue weighted by atomic mass is 32.2. The highest BCUT2D eigenvalue weighted by Crippen LogP contribution is 2.23. The van der Waals surface area contributed by atoms with Crippen LogP contribution in [0, 0.1) is 0 Å². The standard InChI is InChI=1S/C21H24N4O5S/c1-15(14-17-6-5-13-29-17)22-20(26)21-23-19(24-30-21)16-7-9-18(10-8-16)31(27,28)25-11-3-2-4-12-25/h5-10,13,15H,2-4,11-12,14H2,1H3,(H,22,26). The van der Waals surface area contributed by atoms with Crippen LogP contribution in [0.25, 0.3) is 11.4 Å². The minimum Gasteiger partial charge on any atom is -0.469 e. The maximum Gasteiger partial charge on any atom is 0.316 e. The third kappa shape index (κ3) is 4.86. The van der Waals surface area contributed by atoms with Crippen molar-refractivity contribution in [2.75, 3.05) is 13.1 Å². The molecule has 0 spiro atoms. The van der Waals surface area contributed by atoms with Gasteiger partial charge in [0, 0.05) is 31.1 Å². The zero-order chi connectivity index (χ0) is 21.8. The van der Waals surface area contributed by atoms with Crippen LogP contribution < -0.4 is 5.32 Å². The zero-order valence-corrected chi connectivity index (χ0v) is 18.0. The summed E-state index contributed by atoms with van der Waals surface area (Å²) in [5, 5.41) is 6.63. The molecule has 1 aliphatic heterocycles. The highest BCUT2D eigenvalue weighted by molar-refractivity contribution is 7.89. The molecule has 1 fully saturated rings. The molecule has 1 aromatic carbocycles. The van der Waals surface area contributed by atoms with E-state index in [1.165, 1.54) is 16.4 Å². The Morgan fingerprint density at radius 1 is 1.16 bits per heavy atom. The number of furan rings is 1. The van der Waals surface area contributed by atoms with Gasteiger partial charge in [0.15, 0.2) is 0 Å². The number of nitrogens with zero attached hydrogens (tertiary/aromatic N) is 3. The van der Waals surface area contributed by atoms with E-state index in [0.29, 0.717) is 25.1 Å². The maximum absolute atomic E-state index is 12.8. The van der Waals surface area contributed by atoms with Crippen LogP contribution in [0.15, 0.2) is 56.5 Å². The molecule has 0 bridgehead atoms. The fraction of sp³-hybridized carbons (Fsp3) is 0.381. The van der Waals surface area contributed by atoms with E-state index < -0.39 is 15.9 Å². The van der Waals surface area contributed by atoms with Gasteiger partial charge in [0.25, 0.3) is 0 Å². The number of amides is 1. The Hall–Kier alpha value is -2.98. The van der Waals surface area contributed by atoms with Crippen molar-refractivity contribution in [2.45, 2.75) is 43.5 Å². The molecule has 0 radical (unpaired) electrons. The van der Waals surface area contributed by atoms with Gasteiger partial charge in [-0.2, -0.15) is 9.29 Å². The van der Waals surface area contributed by atoms with Crippen LogP contribution in [0.5, 0.6) is 0 Å². The zero-order valence-electron chi connectivity index (χ0n) is 17.2. The summed E-state index contributed by atoms with van der Waals surface area (Å²) in [5.41, 5.74) is 0.559. The summed E-state index contributed by atoms with van der Waals surface area (Å²) in [7, 11) is -3.51. The van der Waals surface area contributed by atoms with Gasteiger partial charge in [0.05, 0.1) is 11.2 Å². The van der Waals surface area contributed by atoms with Gasteiger partial charge in [0.2, 0.25) is 15.8 Å². The molecule has 3 aromatic rings. The molecule has 0 saturated carbocycles. The summed E-state index contributed by atoms with van der Waals surface area (Å²) in [4.78, 5) is 16.7. The average Bonchev–Trinajstić information content (AvgIpc) is 3.47. The molecule has 164 valence electrons. The van der Waals surface area contributed by atoms with Gasteiger partial charge in [-0.3, -0.25) is 4.79 Å². The highest BCUT2D eigenvalue weighted by Gasteiger charge is 2.26. The second-order valence-electron chi connectivity index (χ2n) is 7.57. The van der Waals surface area contributed by atoms with Crippen LogP contribution in [0.4, 0.5) is 0 Å². The second kappa shape index (κ2) is 9.03. The number of sulfonamides is 1. The van der Waals surface area contributed by atoms with Crippen LogP contribution in [0.2, 0.25) is 0 Å². The van der Waals surface area contributed by atoms with E-state index in [1.54, 1.807) is 24.5 Å². The van der Waals surface area contributed by atoms with E-state index in [4.69, 9.17) is 8.94 Å². The first-order valence-corrected chi connectivity index (χ1v) is 11.6. The largest absolute Gasteiger partial charge is 0.469 e. The number of rotatable bonds is 7. The minimum absolute atomic E-state index is 0.161. The molecule has 2 aromatic heterocycles. The van der Waals surface area contributed by atoms with Crippen LogP contribution in [0.3, 0.4) is 0 Å². The Kier molecular flexibility index (Phi) is 6.19. The molecule has 3 heterocycles. The molecule has 1 aliphatic rings. The molecule has 1 amide bonds. The summed E-state index contributed by atoms with van der Waals surface area (Å²) in [6.07, 6.45) is 4.93. The summed E-state index contributed by atoms with van der Waals surface area (Å²) in [5.74, 6) is 0.331. The van der Waals surface area contributed by atoms with Gasteiger partial charge in [0.1, 0.15) is 5.76 Å². The van der Waals surface area contributed by atoms with Crippen LogP contribution in [-0.4, -0.2) is 47.9 Å². The van der Waals surface area contributed by atoms with Crippen molar-refractivity contribution in [3.63, 3.8) is 0 Å². The molecular formula is C21H24N4O5S. The lowest BCUT2D eigenvalue weighted by molar-refractivity contribution is 0.0895. The SMILES string of the molecule is CC(Cc1ccco1)NC(=O)c1nc(-c2ccc(S(=O)(=O)N3CCCCC3)cc2)no1. The predicted octanol–water partition coefficient (Wildman–Crippen LogP) is 2.87. The molecule has 1 atom stereocenters. The van der Waals surface area contributed by atoms with E-state index in [1.807, 2.05) is 13.0 Å². The lowest BCUT2D eigenvalue weighted by atomic mass is 10.2. The molecule has 1 N–H and O–H groups in total. The summed E-state index contributed by atoms with van der Waals surface area (Å²) < 4.78 is 37.4. The molecule has 1 unspecified atom stereocenters. The fourth-order valence-corrected chi connectivity index (χ4v) is 5.05. The molecular weight excluding hydrogens is 420 g/mol. The second-order valence-corrected chi connectivity index (χ2v) is 9.51. The third-order valence-corrected chi connectivity index (χ3v) is 7.06. The van der Waals surface area contributed by atoms with Crippen molar-refractivity contribution in [1.82, 2.24) is 19.8 Å². The molecule has 1 saturated heterocycles. The van der Waals surface area contributed by atoms with Crippen molar-refractivity contribution in [3.8, 4) is 11.4 Å². The fourth-order valence-electron chi connectivity index (χ4n) is 3.53. The monoisotopic (exact) mass is 444 g/mol. The Morgan fingerprint density at radius 2 is 1.90 bits per heavy atom. The van der Waals surface area contributed by atoms with Gasteiger partial charge < -0.3 is 14.3 Å². The minimum atomic E-state index is -3.51. The average molecular weight is 445 g/mol. The quantitative estimate of drug-likeness (QED) is 0.595. The van der Waals surface area contributed by atoms with E-state index in [0.717, 1.165) is 25.0 Å². The topological polar surface area (TPSA) is 119 Å². The van der Waals surface area contributed by atoms with Gasteiger partial charge in [-0.15, -0.1) is 0 Å². The number of carbonyl (C=O) groups excluding carboxylic acids is 1. The maximum atomic E-state index is 12.8. The van der Waals surface area contributed by atoms with Crippen molar-refractivity contribution in [3.05, 3.63) is 54.3 Å². The van der Waals surface area contributed by atoms with E-state index >= 15 is 0 Å². The normalized spacial score (nSPS) is 16.2. The van der Waals surface area contributed by atoms with Crippen LogP contribution >= 0.6 is 0 Å². The molecule has 10 heteroatoms. The summed E-state index contributed by atoms with van der Waals surface area (Å²) in [6, 6.07) is 9.72. The number of benzene rings is 1. The Morgan fingerprint density at radius 3 is 2.58 bits per heavy atom. The predicted molar refractivity (Wildman–Crippen MR) is 112 cm³/mol. The molecule has 0 aliphatic carbocycles. The Bertz CT molecular complexity index is 1120. The van der Waals surface area contributed by atoms with Gasteiger partial charge >= 0.3 is 11.8 Å². The van der Waals surface area contributed by atoms with Gasteiger partial charge in [-0.1, -0.05) is 11.6 Å². The molecule has 9 nitrogen and oxygen atoms in total. The Labute approximate surface area is 180 Å². The number of hydrogen-bond acceptors (Lipinski definition) is 7. The molecule has 31 heavy (non-hydrogen) atoms. The van der Waals surface area contributed by atoms with Crippen LogP contribution in [0.1, 0.15) is 42.6 Å². The van der Waals surface area contributed by atoms with E-state index in [2.05, 4.69) is 15.5 Å². The summed E-state index contributed by atoms with van der Waals surface area (Å²) >= 11 is 0. The van der Waals surface area contributed by atoms with Crippen molar-refractivity contribution >= 4 is 15.9 Å². The third-order valence-electron chi connectivity index (χ3n) is 5.15. The van der Waals surface area contributed by atoms with E-state index in [9.17, 15) is 13.2 Å². The van der Waals surface area contributed by atoms with Crippen molar-refractivity contribution in [2.24, 2.45) is 0 Å². The number of nitrogens with one attached hydrogen (secondary N) is 1. The first-order chi connectivity index (χ1) is 14.9. The van der Waals surface area contributed by atoms with Crippen molar-refractivity contribution < 1.29 is 22.2 Å². The molecule has 4 rings (SSSR count). The lowest BCUT2D eigenvalue weighted by Gasteiger charge is -2.25. The number of piperidine rings is 1. The first-order valence-electron chi connectivity index (χ1n) is 10.2. The number of carbonyl (C=O) groups is 1. The van der Waals surface area contributed by atoms with Gasteiger partial charge in [-0.05, 0) is 56.2 Å². The number of hydrogen-bond donors (Lipinski definition) is 1. The number of aromatic nitrogens is 2. The van der Waals surface area contributed by atoms with Crippen molar-refractivity contribution in [1.29, 1.82) is 0 Å². The van der Waals surface area contributed by atoms with Crippen LogP contribution in [-0.2, 0) is 16.4 Å².